The van der Waals surface area contributed by atoms with Gasteiger partial charge in [-0.25, -0.2) is 0 Å². The zero-order chi connectivity index (χ0) is 12.8. The summed E-state index contributed by atoms with van der Waals surface area (Å²) in [6, 6.07) is 5.28. The molecule has 0 aliphatic heterocycles. The maximum atomic E-state index is 12.6. The van der Waals surface area contributed by atoms with E-state index in [-0.39, 0.29) is 11.1 Å². The molecule has 2 nitrogen and oxygen atoms in total. The van der Waals surface area contributed by atoms with Crippen LogP contribution in [0.3, 0.4) is 0 Å². The zero-order valence-electron chi connectivity index (χ0n) is 8.14. The van der Waals surface area contributed by atoms with Crippen LogP contribution in [0.4, 0.5) is 13.2 Å². The number of alkyl halides is 3. The SMILES string of the molecule is O=C1C(Cl)=C(C(F)(F)F)C(=O)c2ccccc21. The number of halogens is 4. The van der Waals surface area contributed by atoms with E-state index < -0.39 is 28.3 Å². The molecule has 0 fully saturated rings. The summed E-state index contributed by atoms with van der Waals surface area (Å²) < 4.78 is 37.8. The van der Waals surface area contributed by atoms with Gasteiger partial charge in [-0.1, -0.05) is 35.9 Å². The molecule has 1 aromatic rings. The normalized spacial score (nSPS) is 16.2. The fourth-order valence-corrected chi connectivity index (χ4v) is 1.89. The van der Waals surface area contributed by atoms with Crippen molar-refractivity contribution in [3.63, 3.8) is 0 Å². The first-order valence-electron chi connectivity index (χ1n) is 4.49. The summed E-state index contributed by atoms with van der Waals surface area (Å²) in [6.45, 7) is 0. The molecule has 1 aromatic carbocycles. The van der Waals surface area contributed by atoms with Crippen LogP contribution in [0.5, 0.6) is 0 Å². The fraction of sp³-hybridized carbons (Fsp3) is 0.0909. The molecule has 0 spiro atoms. The van der Waals surface area contributed by atoms with E-state index in [9.17, 15) is 22.8 Å². The Morgan fingerprint density at radius 2 is 1.41 bits per heavy atom. The largest absolute Gasteiger partial charge is 0.421 e. The standard InChI is InChI=1S/C11H4ClF3O2/c12-8-7(11(13,14)15)9(16)5-3-1-2-4-6(5)10(8)17/h1-4H. The van der Waals surface area contributed by atoms with Crippen LogP contribution in [0.15, 0.2) is 34.9 Å². The fourth-order valence-electron chi connectivity index (χ4n) is 1.60. The molecule has 0 saturated carbocycles. The van der Waals surface area contributed by atoms with Crippen LogP contribution in [0.2, 0.25) is 0 Å². The summed E-state index contributed by atoms with van der Waals surface area (Å²) in [5.74, 6) is -2.24. The quantitative estimate of drug-likeness (QED) is 0.718. The Labute approximate surface area is 98.7 Å². The van der Waals surface area contributed by atoms with Crippen LogP contribution in [-0.4, -0.2) is 17.7 Å². The van der Waals surface area contributed by atoms with Gasteiger partial charge >= 0.3 is 6.18 Å². The summed E-state index contributed by atoms with van der Waals surface area (Å²) in [7, 11) is 0. The monoisotopic (exact) mass is 260 g/mol. The predicted molar refractivity (Wildman–Crippen MR) is 54.0 cm³/mol. The molecule has 2 rings (SSSR count). The molecule has 1 aliphatic rings. The van der Waals surface area contributed by atoms with Crippen molar-refractivity contribution < 1.29 is 22.8 Å². The average molecular weight is 261 g/mol. The van der Waals surface area contributed by atoms with E-state index in [4.69, 9.17) is 11.6 Å². The summed E-state index contributed by atoms with van der Waals surface area (Å²) in [5, 5.41) is -1.07. The van der Waals surface area contributed by atoms with Gasteiger partial charge in [-0.3, -0.25) is 9.59 Å². The number of carbonyl (C=O) groups excluding carboxylic acids is 2. The Bertz CT molecular complexity index is 558. The highest BCUT2D eigenvalue weighted by molar-refractivity contribution is 6.50. The number of hydrogen-bond donors (Lipinski definition) is 0. The van der Waals surface area contributed by atoms with Crippen LogP contribution in [0.1, 0.15) is 20.7 Å². The number of ketones is 2. The predicted octanol–water partition coefficient (Wildman–Crippen LogP) is 3.12. The molecular weight excluding hydrogens is 257 g/mol. The van der Waals surface area contributed by atoms with Crippen molar-refractivity contribution in [2.75, 3.05) is 0 Å². The van der Waals surface area contributed by atoms with Gasteiger partial charge in [0.1, 0.15) is 10.6 Å². The molecule has 88 valence electrons. The first-order chi connectivity index (χ1) is 7.84. The van der Waals surface area contributed by atoms with Gasteiger partial charge in [-0.2, -0.15) is 13.2 Å². The van der Waals surface area contributed by atoms with Crippen molar-refractivity contribution in [2.24, 2.45) is 0 Å². The first-order valence-corrected chi connectivity index (χ1v) is 4.87. The Morgan fingerprint density at radius 3 is 1.88 bits per heavy atom. The van der Waals surface area contributed by atoms with Crippen LogP contribution in [0, 0.1) is 0 Å². The third kappa shape index (κ3) is 1.76. The van der Waals surface area contributed by atoms with Crippen molar-refractivity contribution >= 4 is 23.2 Å². The molecule has 0 aromatic heterocycles. The minimum Gasteiger partial charge on any atom is -0.289 e. The van der Waals surface area contributed by atoms with Crippen LogP contribution < -0.4 is 0 Å². The van der Waals surface area contributed by atoms with Crippen LogP contribution >= 0.6 is 11.6 Å². The highest BCUT2D eigenvalue weighted by atomic mass is 35.5. The number of Topliss-reactive ketones (excluding diaryl/α,β-unsaturated/α-hetero) is 2. The lowest BCUT2D eigenvalue weighted by molar-refractivity contribution is -0.0891. The second-order valence-electron chi connectivity index (χ2n) is 3.39. The topological polar surface area (TPSA) is 34.1 Å². The van der Waals surface area contributed by atoms with E-state index in [2.05, 4.69) is 0 Å². The lowest BCUT2D eigenvalue weighted by Crippen LogP contribution is -2.28. The van der Waals surface area contributed by atoms with Crippen molar-refractivity contribution in [3.05, 3.63) is 46.0 Å². The van der Waals surface area contributed by atoms with E-state index in [1.54, 1.807) is 0 Å². The number of carbonyl (C=O) groups is 2. The van der Waals surface area contributed by atoms with Gasteiger partial charge < -0.3 is 0 Å². The maximum absolute atomic E-state index is 12.6. The molecule has 0 radical (unpaired) electrons. The molecule has 0 saturated heterocycles. The summed E-state index contributed by atoms with van der Waals surface area (Å²) in [5.41, 5.74) is -1.97. The minimum absolute atomic E-state index is 0.101. The number of rotatable bonds is 0. The van der Waals surface area contributed by atoms with Gasteiger partial charge in [-0.05, 0) is 0 Å². The maximum Gasteiger partial charge on any atom is 0.421 e. The molecule has 0 heterocycles. The molecule has 17 heavy (non-hydrogen) atoms. The molecule has 0 bridgehead atoms. The van der Waals surface area contributed by atoms with E-state index in [1.165, 1.54) is 24.3 Å². The second kappa shape index (κ2) is 3.70. The number of benzene rings is 1. The molecule has 0 amide bonds. The molecular formula is C11H4ClF3O2. The molecule has 1 aliphatic carbocycles. The Hall–Kier alpha value is -1.62. The van der Waals surface area contributed by atoms with Gasteiger partial charge in [0.15, 0.2) is 5.78 Å². The van der Waals surface area contributed by atoms with Gasteiger partial charge in [0.2, 0.25) is 5.78 Å². The molecule has 0 unspecified atom stereocenters. The number of allylic oxidation sites excluding steroid dienone is 2. The summed E-state index contributed by atoms with van der Waals surface area (Å²) in [4.78, 5) is 23.2. The molecule has 0 N–H and O–H groups in total. The first kappa shape index (κ1) is 11.9. The van der Waals surface area contributed by atoms with Gasteiger partial charge in [0.05, 0.1) is 0 Å². The Kier molecular flexibility index (Phi) is 2.58. The van der Waals surface area contributed by atoms with Gasteiger partial charge in [0, 0.05) is 11.1 Å². The van der Waals surface area contributed by atoms with E-state index in [1.807, 2.05) is 0 Å². The molecule has 0 atom stereocenters. The summed E-state index contributed by atoms with van der Waals surface area (Å²) in [6.07, 6.45) is -4.93. The zero-order valence-corrected chi connectivity index (χ0v) is 8.89. The Balaban J connectivity index is 2.71. The van der Waals surface area contributed by atoms with Crippen LogP contribution in [0.25, 0.3) is 0 Å². The van der Waals surface area contributed by atoms with E-state index >= 15 is 0 Å². The third-order valence-corrected chi connectivity index (χ3v) is 2.71. The van der Waals surface area contributed by atoms with Crippen molar-refractivity contribution in [1.82, 2.24) is 0 Å². The third-order valence-electron chi connectivity index (χ3n) is 2.35. The van der Waals surface area contributed by atoms with Gasteiger partial charge in [-0.15, -0.1) is 0 Å². The smallest absolute Gasteiger partial charge is 0.289 e. The van der Waals surface area contributed by atoms with E-state index in [0.29, 0.717) is 0 Å². The average Bonchev–Trinajstić information content (AvgIpc) is 2.24. The minimum atomic E-state index is -4.93. The summed E-state index contributed by atoms with van der Waals surface area (Å²) >= 11 is 5.33. The Morgan fingerprint density at radius 1 is 0.941 bits per heavy atom. The second-order valence-corrected chi connectivity index (χ2v) is 3.77. The van der Waals surface area contributed by atoms with Crippen molar-refractivity contribution in [3.8, 4) is 0 Å². The lowest BCUT2D eigenvalue weighted by Gasteiger charge is -2.19. The van der Waals surface area contributed by atoms with Crippen molar-refractivity contribution in [1.29, 1.82) is 0 Å². The lowest BCUT2D eigenvalue weighted by atomic mass is 9.89. The molecule has 6 heteroatoms. The highest BCUT2D eigenvalue weighted by Crippen LogP contribution is 2.37. The number of fused-ring (bicyclic) bond motifs is 1. The number of hydrogen-bond acceptors (Lipinski definition) is 2. The highest BCUT2D eigenvalue weighted by Gasteiger charge is 2.46. The van der Waals surface area contributed by atoms with Crippen LogP contribution in [-0.2, 0) is 0 Å². The van der Waals surface area contributed by atoms with E-state index in [0.717, 1.165) is 0 Å². The van der Waals surface area contributed by atoms with Crippen molar-refractivity contribution in [2.45, 2.75) is 6.18 Å². The van der Waals surface area contributed by atoms with Gasteiger partial charge in [0.25, 0.3) is 0 Å².